The minimum Gasteiger partial charge on any atom is -0.373 e. The van der Waals surface area contributed by atoms with E-state index in [4.69, 9.17) is 0 Å². The molecule has 0 radical (unpaired) electrons. The van der Waals surface area contributed by atoms with Gasteiger partial charge >= 0.3 is 0 Å². The fourth-order valence-electron chi connectivity index (χ4n) is 1.50. The van der Waals surface area contributed by atoms with Gasteiger partial charge in [0.15, 0.2) is 0 Å². The monoisotopic (exact) mass is 267 g/mol. The molecule has 1 aromatic rings. The predicted molar refractivity (Wildman–Crippen MR) is 72.4 cm³/mol. The molecule has 1 rings (SSSR count). The zero-order chi connectivity index (χ0) is 14.4. The van der Waals surface area contributed by atoms with Gasteiger partial charge in [0.1, 0.15) is 11.6 Å². The Morgan fingerprint density at radius 3 is 2.63 bits per heavy atom. The van der Waals surface area contributed by atoms with Crippen LogP contribution in [0.5, 0.6) is 0 Å². The van der Waals surface area contributed by atoms with E-state index in [1.54, 1.807) is 11.9 Å². The fraction of sp³-hybridized carbons (Fsp3) is 0.455. The Bertz CT molecular complexity index is 477. The number of pyridine rings is 1. The molecule has 19 heavy (non-hydrogen) atoms. The molecule has 0 saturated heterocycles. The van der Waals surface area contributed by atoms with Gasteiger partial charge in [-0.3, -0.25) is 14.9 Å². The van der Waals surface area contributed by atoms with Crippen LogP contribution in [0.25, 0.3) is 0 Å². The fourth-order valence-corrected chi connectivity index (χ4v) is 1.50. The molecule has 2 N–H and O–H groups in total. The number of likely N-dealkylation sites (N-methyl/N-ethyl adjacent to an activating group) is 2. The molecule has 0 aliphatic heterocycles. The van der Waals surface area contributed by atoms with Crippen LogP contribution in [0.15, 0.2) is 12.1 Å². The van der Waals surface area contributed by atoms with Gasteiger partial charge in [-0.15, -0.1) is 0 Å². The summed E-state index contributed by atoms with van der Waals surface area (Å²) < 4.78 is 0. The summed E-state index contributed by atoms with van der Waals surface area (Å²) in [6.45, 7) is 2.47. The van der Waals surface area contributed by atoms with E-state index < -0.39 is 4.92 Å². The molecule has 0 unspecified atom stereocenters. The third-order valence-corrected chi connectivity index (χ3v) is 2.58. The number of hydrogen-bond acceptors (Lipinski definition) is 6. The summed E-state index contributed by atoms with van der Waals surface area (Å²) in [5, 5.41) is 16.1. The van der Waals surface area contributed by atoms with Crippen LogP contribution in [0.3, 0.4) is 0 Å². The molecule has 0 spiro atoms. The average Bonchev–Trinajstić information content (AvgIpc) is 2.43. The standard InChI is InChI=1S/C11H17N5O3/c1-4-15(7-11(17)13-3)10-6-8(16(18)19)5-9(12-2)14-10/h5-6H,4,7H2,1-3H3,(H,12,14)(H,13,17). The second-order valence-corrected chi connectivity index (χ2v) is 3.76. The summed E-state index contributed by atoms with van der Waals surface area (Å²) in [5.41, 5.74) is -0.0651. The lowest BCUT2D eigenvalue weighted by molar-refractivity contribution is -0.384. The molecule has 104 valence electrons. The molecule has 8 heteroatoms. The van der Waals surface area contributed by atoms with Crippen LogP contribution < -0.4 is 15.5 Å². The highest BCUT2D eigenvalue weighted by molar-refractivity contribution is 5.80. The van der Waals surface area contributed by atoms with Crippen molar-refractivity contribution in [2.75, 3.05) is 37.4 Å². The van der Waals surface area contributed by atoms with Crippen LogP contribution in [-0.2, 0) is 4.79 Å². The van der Waals surface area contributed by atoms with Crippen molar-refractivity contribution in [1.82, 2.24) is 10.3 Å². The van der Waals surface area contributed by atoms with E-state index in [-0.39, 0.29) is 18.1 Å². The molecule has 1 aromatic heterocycles. The summed E-state index contributed by atoms with van der Waals surface area (Å²) in [6.07, 6.45) is 0. The number of aromatic nitrogens is 1. The lowest BCUT2D eigenvalue weighted by Gasteiger charge is -2.21. The molecule has 0 fully saturated rings. The van der Waals surface area contributed by atoms with Crippen LogP contribution >= 0.6 is 0 Å². The smallest absolute Gasteiger partial charge is 0.276 e. The number of rotatable bonds is 6. The molecule has 0 saturated carbocycles. The minimum atomic E-state index is -0.486. The van der Waals surface area contributed by atoms with Crippen molar-refractivity contribution in [3.63, 3.8) is 0 Å². The molecule has 0 aromatic carbocycles. The molecular formula is C11H17N5O3. The first-order chi connectivity index (χ1) is 9.01. The number of nitro groups is 1. The van der Waals surface area contributed by atoms with Gasteiger partial charge in [-0.2, -0.15) is 0 Å². The second kappa shape index (κ2) is 6.53. The first-order valence-corrected chi connectivity index (χ1v) is 5.81. The number of nitrogens with one attached hydrogen (secondary N) is 2. The van der Waals surface area contributed by atoms with Crippen molar-refractivity contribution in [2.45, 2.75) is 6.92 Å². The van der Waals surface area contributed by atoms with E-state index in [1.165, 1.54) is 19.2 Å². The van der Waals surface area contributed by atoms with Gasteiger partial charge in [0.2, 0.25) is 5.91 Å². The van der Waals surface area contributed by atoms with Crippen LogP contribution in [0, 0.1) is 10.1 Å². The van der Waals surface area contributed by atoms with Gasteiger partial charge in [0, 0.05) is 20.6 Å². The minimum absolute atomic E-state index is 0.0651. The topological polar surface area (TPSA) is 100 Å². The summed E-state index contributed by atoms with van der Waals surface area (Å²) in [5.74, 6) is 0.602. The Hall–Kier alpha value is -2.38. The SMILES string of the molecule is CCN(CC(=O)NC)c1cc([N+](=O)[O-])cc(NC)n1. The maximum Gasteiger partial charge on any atom is 0.276 e. The first-order valence-electron chi connectivity index (χ1n) is 5.81. The molecule has 0 bridgehead atoms. The van der Waals surface area contributed by atoms with Crippen LogP contribution in [0.1, 0.15) is 6.92 Å². The molecule has 1 amide bonds. The average molecular weight is 267 g/mol. The number of hydrogen-bond donors (Lipinski definition) is 2. The number of nitrogens with zero attached hydrogens (tertiary/aromatic N) is 3. The molecule has 8 nitrogen and oxygen atoms in total. The highest BCUT2D eigenvalue weighted by Gasteiger charge is 2.16. The Kier molecular flexibility index (Phi) is 5.04. The maximum atomic E-state index is 11.4. The molecule has 0 atom stereocenters. The number of carbonyl (C=O) groups is 1. The van der Waals surface area contributed by atoms with Crippen molar-refractivity contribution in [1.29, 1.82) is 0 Å². The Balaban J connectivity index is 3.11. The Morgan fingerprint density at radius 2 is 2.16 bits per heavy atom. The number of carbonyl (C=O) groups excluding carboxylic acids is 1. The third kappa shape index (κ3) is 3.80. The Labute approximate surface area is 111 Å². The van der Waals surface area contributed by atoms with E-state index in [2.05, 4.69) is 15.6 Å². The first kappa shape index (κ1) is 14.7. The van der Waals surface area contributed by atoms with E-state index in [1.807, 2.05) is 6.92 Å². The largest absolute Gasteiger partial charge is 0.373 e. The lowest BCUT2D eigenvalue weighted by Crippen LogP contribution is -2.36. The van der Waals surface area contributed by atoms with Gasteiger partial charge < -0.3 is 15.5 Å². The Morgan fingerprint density at radius 1 is 1.47 bits per heavy atom. The van der Waals surface area contributed by atoms with E-state index in [0.717, 1.165) is 0 Å². The molecule has 0 aliphatic rings. The summed E-state index contributed by atoms with van der Waals surface area (Å²) in [4.78, 5) is 27.7. The van der Waals surface area contributed by atoms with Gasteiger partial charge in [-0.25, -0.2) is 4.98 Å². The van der Waals surface area contributed by atoms with Crippen LogP contribution in [-0.4, -0.2) is 43.0 Å². The summed E-state index contributed by atoms with van der Waals surface area (Å²) in [7, 11) is 3.17. The molecule has 0 aliphatic carbocycles. The van der Waals surface area contributed by atoms with Crippen molar-refractivity contribution in [3.8, 4) is 0 Å². The van der Waals surface area contributed by atoms with Gasteiger partial charge in [0.25, 0.3) is 5.69 Å². The number of anilines is 2. The van der Waals surface area contributed by atoms with Gasteiger partial charge in [-0.1, -0.05) is 0 Å². The van der Waals surface area contributed by atoms with Crippen molar-refractivity contribution >= 4 is 23.2 Å². The van der Waals surface area contributed by atoms with Crippen molar-refractivity contribution in [2.24, 2.45) is 0 Å². The van der Waals surface area contributed by atoms with E-state index >= 15 is 0 Å². The second-order valence-electron chi connectivity index (χ2n) is 3.76. The van der Waals surface area contributed by atoms with E-state index in [0.29, 0.717) is 18.2 Å². The van der Waals surface area contributed by atoms with Crippen LogP contribution in [0.2, 0.25) is 0 Å². The van der Waals surface area contributed by atoms with Gasteiger partial charge in [0.05, 0.1) is 23.6 Å². The van der Waals surface area contributed by atoms with Crippen LogP contribution in [0.4, 0.5) is 17.3 Å². The normalized spacial score (nSPS) is 9.84. The van der Waals surface area contributed by atoms with E-state index in [9.17, 15) is 14.9 Å². The van der Waals surface area contributed by atoms with Crippen molar-refractivity contribution in [3.05, 3.63) is 22.2 Å². The number of amides is 1. The zero-order valence-electron chi connectivity index (χ0n) is 11.1. The highest BCUT2D eigenvalue weighted by atomic mass is 16.6. The lowest BCUT2D eigenvalue weighted by atomic mass is 10.3. The summed E-state index contributed by atoms with van der Waals surface area (Å²) in [6, 6.07) is 2.70. The van der Waals surface area contributed by atoms with Crippen molar-refractivity contribution < 1.29 is 9.72 Å². The zero-order valence-corrected chi connectivity index (χ0v) is 11.1. The van der Waals surface area contributed by atoms with Gasteiger partial charge in [-0.05, 0) is 6.92 Å². The third-order valence-electron chi connectivity index (χ3n) is 2.58. The molecule has 1 heterocycles. The quantitative estimate of drug-likeness (QED) is 0.578. The predicted octanol–water partition coefficient (Wildman–Crippen LogP) is 0.604. The maximum absolute atomic E-state index is 11.4. The summed E-state index contributed by atoms with van der Waals surface area (Å²) >= 11 is 0. The molecular weight excluding hydrogens is 250 g/mol. The highest BCUT2D eigenvalue weighted by Crippen LogP contribution is 2.22.